The van der Waals surface area contributed by atoms with Crippen LogP contribution in [0.5, 0.6) is 5.75 Å². The van der Waals surface area contributed by atoms with E-state index in [1.54, 1.807) is 18.2 Å². The molecule has 1 aromatic carbocycles. The predicted octanol–water partition coefficient (Wildman–Crippen LogP) is 7.48. The molecule has 186 valence electrons. The van der Waals surface area contributed by atoms with E-state index in [0.717, 1.165) is 11.6 Å². The summed E-state index contributed by atoms with van der Waals surface area (Å²) in [7, 11) is 3.53. The van der Waals surface area contributed by atoms with Gasteiger partial charge in [0.25, 0.3) is 0 Å². The molecule has 6 heteroatoms. The van der Waals surface area contributed by atoms with Crippen LogP contribution in [-0.4, -0.2) is 32.7 Å². The molecule has 0 bridgehead atoms. The topological polar surface area (TPSA) is 58.6 Å². The van der Waals surface area contributed by atoms with E-state index in [2.05, 4.69) is 49.4 Å². The first-order valence-electron chi connectivity index (χ1n) is 12.3. The summed E-state index contributed by atoms with van der Waals surface area (Å²) in [6.07, 6.45) is 23.1. The molecule has 32 heavy (non-hydrogen) atoms. The van der Waals surface area contributed by atoms with Crippen LogP contribution in [0.4, 0.5) is 0 Å². The highest BCUT2D eigenvalue weighted by Crippen LogP contribution is 2.37. The lowest BCUT2D eigenvalue weighted by Gasteiger charge is -2.20. The van der Waals surface area contributed by atoms with E-state index in [1.165, 1.54) is 95.6 Å². The molecule has 0 radical (unpaired) electrons. The van der Waals surface area contributed by atoms with Crippen molar-refractivity contribution in [3.05, 3.63) is 42.6 Å². The van der Waals surface area contributed by atoms with Crippen LogP contribution in [0.1, 0.15) is 90.4 Å². The van der Waals surface area contributed by atoms with Crippen molar-refractivity contribution in [1.29, 1.82) is 0 Å². The number of quaternary nitrogens is 1. The Labute approximate surface area is 198 Å². The van der Waals surface area contributed by atoms with E-state index in [1.807, 2.05) is 0 Å². The summed E-state index contributed by atoms with van der Waals surface area (Å²) in [5, 5.41) is 0. The van der Waals surface area contributed by atoms with Crippen molar-refractivity contribution >= 4 is 7.82 Å². The molecule has 0 N–H and O–H groups in total. The molecule has 0 saturated carbocycles. The largest absolute Gasteiger partial charge is 0.746 e. The summed E-state index contributed by atoms with van der Waals surface area (Å²) >= 11 is 0. The zero-order valence-electron chi connectivity index (χ0n) is 21.3. The standard InChI is InChI=1S/C19H40N.C7H9O4P/c1-5-6-7-8-9-10-11-12-13-14-15-16-17-18-19-20(2,3)4;1-10-12(8,9)11-7-5-3-2-4-6-7/h18-19H,5-17H2,1-4H3;2-6H,1H3,(H,8,9)/q+1;/p-1. The number of para-hydroxylation sites is 1. The maximum atomic E-state index is 10.8. The number of benzene rings is 1. The van der Waals surface area contributed by atoms with Crippen molar-refractivity contribution in [2.24, 2.45) is 0 Å². The third kappa shape index (κ3) is 22.1. The average molecular weight is 470 g/mol. The van der Waals surface area contributed by atoms with E-state index in [-0.39, 0.29) is 5.75 Å². The maximum Gasteiger partial charge on any atom is 0.319 e. The summed E-state index contributed by atoms with van der Waals surface area (Å²) in [5.74, 6) is 0.248. The Morgan fingerprint density at radius 2 is 1.31 bits per heavy atom. The van der Waals surface area contributed by atoms with Crippen LogP contribution in [0.2, 0.25) is 0 Å². The lowest BCUT2D eigenvalue weighted by atomic mass is 10.0. The molecule has 5 nitrogen and oxygen atoms in total. The number of rotatable bonds is 17. The summed E-state index contributed by atoms with van der Waals surface area (Å²) in [4.78, 5) is 10.8. The van der Waals surface area contributed by atoms with Crippen LogP contribution < -0.4 is 9.42 Å². The minimum absolute atomic E-state index is 0.248. The zero-order valence-corrected chi connectivity index (χ0v) is 22.2. The van der Waals surface area contributed by atoms with Crippen molar-refractivity contribution < 1.29 is 23.0 Å². The predicted molar refractivity (Wildman–Crippen MR) is 135 cm³/mol. The lowest BCUT2D eigenvalue weighted by molar-refractivity contribution is -0.817. The Hall–Kier alpha value is -1.13. The molecule has 1 rings (SSSR count). The van der Waals surface area contributed by atoms with Crippen LogP contribution in [0.25, 0.3) is 0 Å². The molecule has 0 aliphatic heterocycles. The van der Waals surface area contributed by atoms with E-state index in [4.69, 9.17) is 0 Å². The first-order valence-corrected chi connectivity index (χ1v) is 13.8. The van der Waals surface area contributed by atoms with Crippen LogP contribution >= 0.6 is 7.82 Å². The van der Waals surface area contributed by atoms with Gasteiger partial charge >= 0.3 is 7.82 Å². The zero-order chi connectivity index (χ0) is 24.1. The van der Waals surface area contributed by atoms with Crippen molar-refractivity contribution in [2.45, 2.75) is 90.4 Å². The second kappa shape index (κ2) is 19.3. The van der Waals surface area contributed by atoms with Gasteiger partial charge in [-0.3, -0.25) is 4.57 Å². The fraction of sp³-hybridized carbons (Fsp3) is 0.692. The Balaban J connectivity index is 0.000000677. The van der Waals surface area contributed by atoms with Gasteiger partial charge in [0.05, 0.1) is 27.3 Å². The summed E-state index contributed by atoms with van der Waals surface area (Å²) in [6.45, 7) is 2.29. The molecule has 0 amide bonds. The Bertz CT molecular complexity index is 614. The molecule has 0 spiro atoms. The van der Waals surface area contributed by atoms with Crippen LogP contribution in [0, 0.1) is 0 Å². The number of hydrogen-bond donors (Lipinski definition) is 0. The Kier molecular flexibility index (Phi) is 18.7. The molecule has 0 fully saturated rings. The maximum absolute atomic E-state index is 10.8. The Morgan fingerprint density at radius 1 is 0.844 bits per heavy atom. The summed E-state index contributed by atoms with van der Waals surface area (Å²) in [6, 6.07) is 8.17. The molecule has 1 unspecified atom stereocenters. The van der Waals surface area contributed by atoms with Gasteiger partial charge in [0.15, 0.2) is 0 Å². The van der Waals surface area contributed by atoms with Gasteiger partial charge in [-0.15, -0.1) is 0 Å². The van der Waals surface area contributed by atoms with Crippen LogP contribution in [0.3, 0.4) is 0 Å². The number of phosphoric ester groups is 1. The number of hydrogen-bond acceptors (Lipinski definition) is 4. The minimum Gasteiger partial charge on any atom is -0.746 e. The molecule has 0 aliphatic carbocycles. The van der Waals surface area contributed by atoms with Gasteiger partial charge in [-0.25, -0.2) is 0 Å². The molecule has 0 aliphatic rings. The SMILES string of the molecule is CCCCCCCCCCCCCCC=C[N+](C)(C)C.COP(=O)([O-])Oc1ccccc1. The quantitative estimate of drug-likeness (QED) is 0.135. The highest BCUT2D eigenvalue weighted by atomic mass is 31.2. The van der Waals surface area contributed by atoms with Gasteiger partial charge in [0, 0.05) is 7.11 Å². The first kappa shape index (κ1) is 30.9. The molecular formula is C26H48NO4P. The number of phosphoric acid groups is 1. The molecule has 0 saturated heterocycles. The second-order valence-corrected chi connectivity index (χ2v) is 10.7. The highest BCUT2D eigenvalue weighted by Gasteiger charge is 2.06. The summed E-state index contributed by atoms with van der Waals surface area (Å²) in [5.41, 5.74) is 0. The van der Waals surface area contributed by atoms with Crippen molar-refractivity contribution in [2.75, 3.05) is 28.3 Å². The number of nitrogens with zero attached hydrogens (tertiary/aromatic N) is 1. The van der Waals surface area contributed by atoms with Crippen LogP contribution in [-0.2, 0) is 9.09 Å². The third-order valence-electron chi connectivity index (χ3n) is 4.96. The van der Waals surface area contributed by atoms with Gasteiger partial charge in [-0.2, -0.15) is 0 Å². The number of unbranched alkanes of at least 4 members (excludes halogenated alkanes) is 12. The van der Waals surface area contributed by atoms with E-state index in [9.17, 15) is 9.46 Å². The lowest BCUT2D eigenvalue weighted by Crippen LogP contribution is -2.26. The molecule has 0 heterocycles. The van der Waals surface area contributed by atoms with E-state index >= 15 is 0 Å². The van der Waals surface area contributed by atoms with Gasteiger partial charge in [0.1, 0.15) is 5.75 Å². The molecule has 0 aromatic heterocycles. The van der Waals surface area contributed by atoms with Crippen molar-refractivity contribution in [1.82, 2.24) is 0 Å². The average Bonchev–Trinajstić information content (AvgIpc) is 2.74. The fourth-order valence-corrected chi connectivity index (χ4v) is 3.60. The van der Waals surface area contributed by atoms with Gasteiger partial charge in [-0.1, -0.05) is 95.8 Å². The first-order chi connectivity index (χ1) is 15.2. The van der Waals surface area contributed by atoms with Crippen molar-refractivity contribution in [3.63, 3.8) is 0 Å². The molecule has 1 aromatic rings. The van der Waals surface area contributed by atoms with E-state index < -0.39 is 7.82 Å². The Morgan fingerprint density at radius 3 is 1.75 bits per heavy atom. The number of allylic oxidation sites excluding steroid dienone is 1. The monoisotopic (exact) mass is 469 g/mol. The minimum atomic E-state index is -4.15. The normalized spacial score (nSPS) is 13.4. The third-order valence-corrected chi connectivity index (χ3v) is 5.84. The molecular weight excluding hydrogens is 421 g/mol. The van der Waals surface area contributed by atoms with Gasteiger partial charge in [0.2, 0.25) is 0 Å². The fourth-order valence-electron chi connectivity index (χ4n) is 3.14. The smallest absolute Gasteiger partial charge is 0.319 e. The van der Waals surface area contributed by atoms with Crippen LogP contribution in [0.15, 0.2) is 42.6 Å². The second-order valence-electron chi connectivity index (χ2n) is 9.21. The van der Waals surface area contributed by atoms with Crippen molar-refractivity contribution in [3.8, 4) is 5.75 Å². The van der Waals surface area contributed by atoms with Gasteiger partial charge < -0.3 is 18.4 Å². The van der Waals surface area contributed by atoms with Gasteiger partial charge in [-0.05, 0) is 31.1 Å². The van der Waals surface area contributed by atoms with E-state index in [0.29, 0.717) is 0 Å². The highest BCUT2D eigenvalue weighted by molar-refractivity contribution is 7.46. The summed E-state index contributed by atoms with van der Waals surface area (Å²) < 4.78 is 20.3. The molecule has 1 atom stereocenters.